The summed E-state index contributed by atoms with van der Waals surface area (Å²) < 4.78 is 83.4. The molecule has 0 aliphatic rings. The first-order chi connectivity index (χ1) is 21.6. The summed E-state index contributed by atoms with van der Waals surface area (Å²) >= 11 is 4.40. The van der Waals surface area contributed by atoms with E-state index in [0.29, 0.717) is 37.3 Å². The molecule has 0 spiro atoms. The Kier molecular flexibility index (Phi) is 29.0. The second-order valence-electron chi connectivity index (χ2n) is 9.39. The van der Waals surface area contributed by atoms with Gasteiger partial charge in [-0.05, 0) is 70.8 Å². The third kappa shape index (κ3) is 24.9. The van der Waals surface area contributed by atoms with Gasteiger partial charge in [0.2, 0.25) is 10.4 Å². The van der Waals surface area contributed by atoms with Crippen LogP contribution in [0.25, 0.3) is 11.0 Å². The van der Waals surface area contributed by atoms with Gasteiger partial charge in [-0.15, -0.1) is 0 Å². The molecule has 0 N–H and O–H groups in total. The second-order valence-corrected chi connectivity index (χ2v) is 10.6. The van der Waals surface area contributed by atoms with E-state index in [1.54, 1.807) is 38.1 Å². The van der Waals surface area contributed by atoms with E-state index < -0.39 is 22.4 Å². The van der Waals surface area contributed by atoms with Crippen LogP contribution in [0.5, 0.6) is 0 Å². The molecule has 0 amide bonds. The summed E-state index contributed by atoms with van der Waals surface area (Å²) in [4.78, 5) is 24.3. The van der Waals surface area contributed by atoms with Gasteiger partial charge in [-0.2, -0.15) is 13.2 Å². The molecule has 2 rings (SSSR count). The van der Waals surface area contributed by atoms with Crippen molar-refractivity contribution >= 4 is 50.8 Å². The fourth-order valence-corrected chi connectivity index (χ4v) is 4.24. The zero-order valence-corrected chi connectivity index (χ0v) is 29.2. The largest absolute Gasteiger partial charge is 0.726 e. The summed E-state index contributed by atoms with van der Waals surface area (Å²) in [5, 5.41) is 2.30. The van der Waals surface area contributed by atoms with Crippen molar-refractivity contribution in [3.63, 3.8) is 0 Å². The summed E-state index contributed by atoms with van der Waals surface area (Å²) in [5.41, 5.74) is 1.26. The van der Waals surface area contributed by atoms with E-state index in [1.165, 1.54) is 49.2 Å². The Morgan fingerprint density at radius 1 is 0.957 bits per heavy atom. The van der Waals surface area contributed by atoms with Crippen molar-refractivity contribution in [3.8, 4) is 0 Å². The number of benzene rings is 1. The number of aromatic nitrogens is 2. The van der Waals surface area contributed by atoms with E-state index in [1.807, 2.05) is 0 Å². The number of aliphatic imine (C=N–C) groups is 1. The molecule has 0 fully saturated rings. The van der Waals surface area contributed by atoms with Crippen molar-refractivity contribution in [2.45, 2.75) is 113 Å². The minimum Gasteiger partial charge on any atom is -0.726 e. The number of rotatable bonds is 15. The molecule has 16 heteroatoms. The first-order valence-electron chi connectivity index (χ1n) is 15.1. The Balaban J connectivity index is -0.000000575. The van der Waals surface area contributed by atoms with Crippen LogP contribution < -0.4 is 4.57 Å². The summed E-state index contributed by atoms with van der Waals surface area (Å²) in [6, 6.07) is 6.96. The number of imidazole rings is 1. The Bertz CT molecular complexity index is 1250. The molecule has 0 unspecified atom stereocenters. The van der Waals surface area contributed by atoms with Crippen LogP contribution in [0, 0.1) is 0 Å². The Labute approximate surface area is 283 Å². The van der Waals surface area contributed by atoms with Crippen molar-refractivity contribution in [2.75, 3.05) is 26.4 Å². The zero-order valence-electron chi connectivity index (χ0n) is 27.6. The molecule has 272 valence electrons. The molecule has 2 aromatic rings. The number of nitrogens with zero attached hydrogens (tertiary/aromatic N) is 3. The summed E-state index contributed by atoms with van der Waals surface area (Å²) in [6.45, 7) is 12.2. The highest BCUT2D eigenvalue weighted by Crippen LogP contribution is 2.30. The monoisotopic (exact) mass is 715 g/mol. The molecule has 0 atom stereocenters. The molecule has 47 heavy (non-hydrogen) atoms. The molecular weight excluding hydrogens is 663 g/mol. The minimum absolute atomic E-state index is 0. The molecule has 11 nitrogen and oxygen atoms in total. The minimum atomic E-state index is -4.42. The fourth-order valence-electron chi connectivity index (χ4n) is 3.86. The second kappa shape index (κ2) is 28.1. The Morgan fingerprint density at radius 2 is 1.49 bits per heavy atom. The highest BCUT2D eigenvalue weighted by atomic mass is 32.3. The van der Waals surface area contributed by atoms with Gasteiger partial charge in [-0.3, -0.25) is 13.8 Å². The number of ether oxygens (including phenoxy) is 2. The molecule has 0 aliphatic carbocycles. The predicted octanol–water partition coefficient (Wildman–Crippen LogP) is 7.06. The van der Waals surface area contributed by atoms with Crippen LogP contribution in [0.3, 0.4) is 0 Å². The predicted molar refractivity (Wildman–Crippen MR) is 178 cm³/mol. The van der Waals surface area contributed by atoms with Crippen LogP contribution in [0.1, 0.15) is 99.7 Å². The first-order valence-corrected chi connectivity index (χ1v) is 16.8. The first kappa shape index (κ1) is 48.5. The van der Waals surface area contributed by atoms with Crippen molar-refractivity contribution in [1.29, 1.82) is 0 Å². The topological polar surface area (TPSA) is 140 Å². The molecule has 0 saturated carbocycles. The van der Waals surface area contributed by atoms with Gasteiger partial charge in [0.25, 0.3) is 0 Å². The van der Waals surface area contributed by atoms with Crippen molar-refractivity contribution in [3.05, 3.63) is 30.1 Å². The van der Waals surface area contributed by atoms with E-state index >= 15 is 0 Å². The number of para-hydroxylation sites is 2. The highest BCUT2D eigenvalue weighted by Gasteiger charge is 2.46. The summed E-state index contributed by atoms with van der Waals surface area (Å²) in [7, 11) is -4.42. The summed E-state index contributed by atoms with van der Waals surface area (Å²) in [6.07, 6.45) is 3.19. The van der Waals surface area contributed by atoms with Gasteiger partial charge in [-0.1, -0.05) is 45.7 Å². The number of fused-ring (bicyclic) bond motifs is 1. The third-order valence-electron chi connectivity index (χ3n) is 5.71. The molecule has 0 bridgehead atoms. The average molecular weight is 716 g/mol. The Morgan fingerprint density at radius 3 is 1.87 bits per heavy atom. The molecular formula is C31H52F3N3O8S2. The van der Waals surface area contributed by atoms with Gasteiger partial charge in [-0.25, -0.2) is 22.5 Å². The van der Waals surface area contributed by atoms with Crippen molar-refractivity contribution < 1.29 is 54.0 Å². The third-order valence-corrected chi connectivity index (χ3v) is 6.36. The van der Waals surface area contributed by atoms with Crippen LogP contribution in [0.15, 0.2) is 29.3 Å². The van der Waals surface area contributed by atoms with Crippen LogP contribution in [-0.2, 0) is 52.9 Å². The van der Waals surface area contributed by atoms with Gasteiger partial charge < -0.3 is 14.0 Å². The lowest BCUT2D eigenvalue weighted by atomic mass is 10.2. The number of esters is 2. The molecule has 0 radical (unpaired) electrons. The number of isothiocyanates is 1. The van der Waals surface area contributed by atoms with Gasteiger partial charge in [0.05, 0.1) is 38.1 Å². The normalized spacial score (nSPS) is 10.4. The SMILES string of the molecule is C.CC(=O)OCCCCCN=C=S.CCCCCCOC(C)=O.CCOS(=O)(=O)[O-].CCn1c(C(F)(F)F)[n+](CC)c2ccccc21. The zero-order chi connectivity index (χ0) is 35.6. The maximum Gasteiger partial charge on any atom is 0.495 e. The molecule has 0 aliphatic heterocycles. The maximum absolute atomic E-state index is 13.1. The number of carbonyl (C=O) groups excluding carboxylic acids is 2. The van der Waals surface area contributed by atoms with Crippen LogP contribution >= 0.6 is 12.2 Å². The number of alkyl halides is 3. The van der Waals surface area contributed by atoms with Gasteiger partial charge in [0, 0.05) is 20.4 Å². The van der Waals surface area contributed by atoms with E-state index in [4.69, 9.17) is 9.47 Å². The number of hydrogen-bond acceptors (Lipinski definition) is 10. The van der Waals surface area contributed by atoms with Crippen LogP contribution in [0.4, 0.5) is 13.2 Å². The van der Waals surface area contributed by atoms with Gasteiger partial charge in [0.15, 0.2) is 11.0 Å². The summed E-state index contributed by atoms with van der Waals surface area (Å²) in [5.74, 6) is -0.966. The van der Waals surface area contributed by atoms with Gasteiger partial charge in [0.1, 0.15) is 0 Å². The lowest BCUT2D eigenvalue weighted by molar-refractivity contribution is -0.688. The number of halogens is 3. The number of carbonyl (C=O) groups is 2. The van der Waals surface area contributed by atoms with Crippen LogP contribution in [0.2, 0.25) is 0 Å². The molecule has 0 saturated heterocycles. The quantitative estimate of drug-likeness (QED) is 0.0361. The maximum atomic E-state index is 13.1. The average Bonchev–Trinajstić information content (AvgIpc) is 3.31. The lowest BCUT2D eigenvalue weighted by Gasteiger charge is -2.05. The fraction of sp³-hybridized carbons (Fsp3) is 0.677. The van der Waals surface area contributed by atoms with Crippen LogP contribution in [-0.4, -0.2) is 61.0 Å². The smallest absolute Gasteiger partial charge is 0.495 e. The van der Waals surface area contributed by atoms with E-state index in [0.717, 1.165) is 32.2 Å². The van der Waals surface area contributed by atoms with Crippen molar-refractivity contribution in [2.24, 2.45) is 4.99 Å². The molecule has 1 heterocycles. The van der Waals surface area contributed by atoms with Gasteiger partial charge >= 0.3 is 23.9 Å². The number of aryl methyl sites for hydroxylation is 2. The van der Waals surface area contributed by atoms with E-state index in [-0.39, 0.29) is 26.0 Å². The lowest BCUT2D eigenvalue weighted by Crippen LogP contribution is -2.41. The molecule has 1 aromatic heterocycles. The number of hydrogen-bond donors (Lipinski definition) is 0. The Hall–Kier alpha value is -2.91. The number of thiocarbonyl (C=S) groups is 1. The van der Waals surface area contributed by atoms with E-state index in [2.05, 4.69) is 33.5 Å². The van der Waals surface area contributed by atoms with E-state index in [9.17, 15) is 35.7 Å². The standard InChI is InChI=1S/C12H14F3N2.C8H13NO2S.C8H16O2.C2H6O4S.CH4/c1-3-16-9-7-5-6-8-10(9)17(4-2)11(16)12(13,14)15;1-8(10)11-6-4-2-3-5-9-7-12;1-3-4-5-6-7-10-8(2)9;1-2-6-7(3,4)5;/h5-8H,3-4H2,1-2H3;2-6H2,1H3;3-7H2,1-2H3;2H2,1H3,(H,3,4,5);1H4/q+1;;;;/p-1. The highest BCUT2D eigenvalue weighted by molar-refractivity contribution is 7.80. The van der Waals surface area contributed by atoms with Crippen molar-refractivity contribution in [1.82, 2.24) is 4.57 Å². The molecule has 1 aromatic carbocycles. The number of unbranched alkanes of at least 4 members (excludes halogenated alkanes) is 5.